The first kappa shape index (κ1) is 16.3. The van der Waals surface area contributed by atoms with Crippen molar-refractivity contribution >= 4 is 36.5 Å². The highest BCUT2D eigenvalue weighted by atomic mass is 35.5. The van der Waals surface area contributed by atoms with Crippen LogP contribution in [0.25, 0.3) is 5.69 Å². The third-order valence-electron chi connectivity index (χ3n) is 2.75. The van der Waals surface area contributed by atoms with Gasteiger partial charge in [-0.1, -0.05) is 37.3 Å². The zero-order valence-electron chi connectivity index (χ0n) is 12.7. The lowest BCUT2D eigenvalue weighted by Gasteiger charge is -2.14. The molecule has 7 heteroatoms. The van der Waals surface area contributed by atoms with Crippen LogP contribution in [0, 0.1) is 0 Å². The lowest BCUT2D eigenvalue weighted by molar-refractivity contribution is 0.879. The molecule has 0 radical (unpaired) electrons. The third kappa shape index (κ3) is 4.43. The van der Waals surface area contributed by atoms with E-state index in [-0.39, 0.29) is 0 Å². The molecule has 0 aliphatic rings. The van der Waals surface area contributed by atoms with E-state index in [0.29, 0.717) is 5.02 Å². The van der Waals surface area contributed by atoms with Gasteiger partial charge in [-0.25, -0.2) is 9.67 Å². The molecule has 0 amide bonds. The van der Waals surface area contributed by atoms with Crippen LogP contribution in [0.2, 0.25) is 24.7 Å². The maximum atomic E-state index is 6.37. The predicted octanol–water partition coefficient (Wildman–Crippen LogP) is 3.91. The molecule has 0 fully saturated rings. The van der Waals surface area contributed by atoms with Gasteiger partial charge in [0.1, 0.15) is 12.7 Å². The summed E-state index contributed by atoms with van der Waals surface area (Å²) in [5.74, 6) is 0. The number of hydrogen-bond acceptors (Lipinski definition) is 4. The molecule has 4 nitrogen and oxygen atoms in total. The van der Waals surface area contributed by atoms with Crippen LogP contribution in [0.1, 0.15) is 5.56 Å². The first-order valence-corrected chi connectivity index (χ1v) is 11.9. The van der Waals surface area contributed by atoms with E-state index < -0.39 is 8.07 Å². The van der Waals surface area contributed by atoms with Crippen LogP contribution in [0.15, 0.2) is 35.8 Å². The van der Waals surface area contributed by atoms with E-state index in [9.17, 15) is 0 Å². The van der Waals surface area contributed by atoms with Gasteiger partial charge in [0.05, 0.1) is 23.8 Å². The highest BCUT2D eigenvalue weighted by Gasteiger charge is 2.14. The van der Waals surface area contributed by atoms with Crippen molar-refractivity contribution < 1.29 is 0 Å². The lowest BCUT2D eigenvalue weighted by Crippen LogP contribution is -2.25. The molecule has 2 rings (SSSR count). The van der Waals surface area contributed by atoms with Gasteiger partial charge in [0.25, 0.3) is 0 Å². The SMILES string of the molecule is CS/C(=N\C[Si](C)(C)C)c1ccc(-n2cncn2)c(Cl)c1. The molecule has 0 aliphatic carbocycles. The Morgan fingerprint density at radius 1 is 1.38 bits per heavy atom. The van der Waals surface area contributed by atoms with Crippen molar-refractivity contribution in [3.05, 3.63) is 41.4 Å². The topological polar surface area (TPSA) is 43.1 Å². The van der Waals surface area contributed by atoms with Crippen molar-refractivity contribution in [2.45, 2.75) is 19.6 Å². The van der Waals surface area contributed by atoms with Crippen LogP contribution in [0.3, 0.4) is 0 Å². The fraction of sp³-hybridized carbons (Fsp3) is 0.357. The number of aromatic nitrogens is 3. The van der Waals surface area contributed by atoms with Crippen molar-refractivity contribution in [1.29, 1.82) is 0 Å². The molecule has 2 aromatic rings. The predicted molar refractivity (Wildman–Crippen MR) is 94.6 cm³/mol. The second-order valence-electron chi connectivity index (χ2n) is 5.89. The third-order valence-corrected chi connectivity index (χ3v) is 4.91. The second-order valence-corrected chi connectivity index (χ2v) is 12.5. The molecule has 0 unspecified atom stereocenters. The van der Waals surface area contributed by atoms with E-state index in [1.165, 1.54) is 6.33 Å². The molecule has 0 bridgehead atoms. The Balaban J connectivity index is 2.30. The molecule has 0 atom stereocenters. The largest absolute Gasteiger partial charge is 0.281 e. The summed E-state index contributed by atoms with van der Waals surface area (Å²) in [5, 5.41) is 5.78. The molecule has 1 heterocycles. The van der Waals surface area contributed by atoms with Crippen molar-refractivity contribution in [1.82, 2.24) is 14.8 Å². The fourth-order valence-corrected chi connectivity index (χ4v) is 3.31. The van der Waals surface area contributed by atoms with Gasteiger partial charge >= 0.3 is 0 Å². The van der Waals surface area contributed by atoms with Gasteiger partial charge in [-0.2, -0.15) is 5.10 Å². The number of benzene rings is 1. The molecule has 0 saturated heterocycles. The first-order valence-electron chi connectivity index (χ1n) is 6.64. The van der Waals surface area contributed by atoms with E-state index in [1.807, 2.05) is 24.5 Å². The summed E-state index contributed by atoms with van der Waals surface area (Å²) >= 11 is 8.02. The van der Waals surface area contributed by atoms with E-state index in [4.69, 9.17) is 16.6 Å². The number of nitrogens with zero attached hydrogens (tertiary/aromatic N) is 4. The van der Waals surface area contributed by atoms with Gasteiger partial charge in [0.15, 0.2) is 0 Å². The molecular weight excluding hydrogens is 320 g/mol. The van der Waals surface area contributed by atoms with Crippen LogP contribution in [0.4, 0.5) is 0 Å². The number of hydrogen-bond donors (Lipinski definition) is 0. The van der Waals surface area contributed by atoms with E-state index in [2.05, 4.69) is 29.7 Å². The first-order chi connectivity index (χ1) is 9.90. The number of thioether (sulfide) groups is 1. The van der Waals surface area contributed by atoms with Gasteiger partial charge in [0, 0.05) is 11.7 Å². The molecule has 0 saturated carbocycles. The van der Waals surface area contributed by atoms with E-state index in [0.717, 1.165) is 22.5 Å². The van der Waals surface area contributed by atoms with Gasteiger partial charge < -0.3 is 0 Å². The highest BCUT2D eigenvalue weighted by molar-refractivity contribution is 8.13. The Hall–Kier alpha value is -1.11. The molecule has 0 aliphatic heterocycles. The normalized spacial score (nSPS) is 12.7. The average molecular weight is 339 g/mol. The summed E-state index contributed by atoms with van der Waals surface area (Å²) in [5.41, 5.74) is 1.87. The van der Waals surface area contributed by atoms with E-state index in [1.54, 1.807) is 22.8 Å². The standard InChI is InChI=1S/C14H19ClN4SSi/c1-20-14(17-10-21(2,3)4)11-5-6-13(12(15)7-11)19-9-16-8-18-19/h5-9H,10H2,1-4H3/b17-14-. The van der Waals surface area contributed by atoms with Crippen LogP contribution in [0.5, 0.6) is 0 Å². The van der Waals surface area contributed by atoms with Gasteiger partial charge in [-0.15, -0.1) is 11.8 Å². The van der Waals surface area contributed by atoms with Crippen LogP contribution >= 0.6 is 23.4 Å². The Morgan fingerprint density at radius 3 is 2.67 bits per heavy atom. The molecule has 0 N–H and O–H groups in total. The summed E-state index contributed by atoms with van der Waals surface area (Å²) < 4.78 is 1.66. The summed E-state index contributed by atoms with van der Waals surface area (Å²) in [4.78, 5) is 8.70. The molecular formula is C14H19ClN4SSi. The van der Waals surface area contributed by atoms with Crippen LogP contribution in [-0.2, 0) is 0 Å². The highest BCUT2D eigenvalue weighted by Crippen LogP contribution is 2.23. The Kier molecular flexibility index (Phi) is 5.24. The summed E-state index contributed by atoms with van der Waals surface area (Å²) in [6.07, 6.45) is 6.09. The molecule has 0 spiro atoms. The summed E-state index contributed by atoms with van der Waals surface area (Å²) in [7, 11) is -1.19. The number of rotatable bonds is 4. The van der Waals surface area contributed by atoms with Crippen molar-refractivity contribution in [3.8, 4) is 5.69 Å². The minimum absolute atomic E-state index is 0.646. The minimum atomic E-state index is -1.19. The monoisotopic (exact) mass is 338 g/mol. The van der Waals surface area contributed by atoms with Gasteiger partial charge in [-0.3, -0.25) is 4.99 Å². The maximum absolute atomic E-state index is 6.37. The number of halogens is 1. The van der Waals surface area contributed by atoms with Crippen molar-refractivity contribution in [3.63, 3.8) is 0 Å². The maximum Gasteiger partial charge on any atom is 0.138 e. The quantitative estimate of drug-likeness (QED) is 0.482. The zero-order valence-corrected chi connectivity index (χ0v) is 15.2. The zero-order chi connectivity index (χ0) is 15.5. The minimum Gasteiger partial charge on any atom is -0.281 e. The molecule has 1 aromatic carbocycles. The Morgan fingerprint density at radius 2 is 2.14 bits per heavy atom. The smallest absolute Gasteiger partial charge is 0.138 e. The van der Waals surface area contributed by atoms with E-state index >= 15 is 0 Å². The van der Waals surface area contributed by atoms with Crippen LogP contribution in [-0.4, -0.2) is 40.3 Å². The Bertz CT molecular complexity index is 635. The summed E-state index contributed by atoms with van der Waals surface area (Å²) in [6.45, 7) is 6.94. The van der Waals surface area contributed by atoms with Crippen molar-refractivity contribution in [2.24, 2.45) is 4.99 Å². The van der Waals surface area contributed by atoms with Crippen molar-refractivity contribution in [2.75, 3.05) is 12.4 Å². The summed E-state index contributed by atoms with van der Waals surface area (Å²) in [6, 6.07) is 5.92. The Labute approximate surface area is 135 Å². The lowest BCUT2D eigenvalue weighted by atomic mass is 10.2. The molecule has 1 aromatic heterocycles. The van der Waals surface area contributed by atoms with Crippen LogP contribution < -0.4 is 0 Å². The van der Waals surface area contributed by atoms with Gasteiger partial charge in [-0.05, 0) is 18.4 Å². The number of aliphatic imine (C=N–C) groups is 1. The van der Waals surface area contributed by atoms with Gasteiger partial charge in [0.2, 0.25) is 0 Å². The molecule has 112 valence electrons. The average Bonchev–Trinajstić information content (AvgIpc) is 2.92. The molecule has 21 heavy (non-hydrogen) atoms. The fourth-order valence-electron chi connectivity index (χ4n) is 1.74. The second kappa shape index (κ2) is 6.77.